The molecular formula is C22H44IN5O2. The van der Waals surface area contributed by atoms with Crippen molar-refractivity contribution in [2.24, 2.45) is 10.9 Å². The number of nitrogens with one attached hydrogen (secondary N) is 2. The predicted molar refractivity (Wildman–Crippen MR) is 135 cm³/mol. The first-order valence-electron chi connectivity index (χ1n) is 11.5. The molecule has 1 aliphatic heterocycles. The molecule has 0 saturated carbocycles. The molecule has 0 atom stereocenters. The molecule has 0 aromatic carbocycles. The van der Waals surface area contributed by atoms with Gasteiger partial charge >= 0.3 is 0 Å². The molecule has 2 amide bonds. The number of halogens is 1. The van der Waals surface area contributed by atoms with E-state index in [9.17, 15) is 9.59 Å². The number of hydrogen-bond acceptors (Lipinski definition) is 3. The fraction of sp³-hybridized carbons (Fsp3) is 0.864. The van der Waals surface area contributed by atoms with Gasteiger partial charge in [-0.05, 0) is 25.2 Å². The van der Waals surface area contributed by atoms with Gasteiger partial charge in [-0.25, -0.2) is 0 Å². The number of amides is 2. The van der Waals surface area contributed by atoms with E-state index in [0.29, 0.717) is 44.9 Å². The summed E-state index contributed by atoms with van der Waals surface area (Å²) in [6.07, 6.45) is 7.79. The maximum absolute atomic E-state index is 12.4. The molecule has 30 heavy (non-hydrogen) atoms. The normalized spacial score (nSPS) is 14.5. The number of carbonyl (C=O) groups is 2. The number of carbonyl (C=O) groups excluding carboxylic acids is 2. The van der Waals surface area contributed by atoms with Crippen molar-refractivity contribution in [3.63, 3.8) is 0 Å². The Kier molecular flexibility index (Phi) is 17.0. The molecule has 0 bridgehead atoms. The van der Waals surface area contributed by atoms with Crippen LogP contribution in [0.4, 0.5) is 0 Å². The average molecular weight is 538 g/mol. The van der Waals surface area contributed by atoms with E-state index in [2.05, 4.69) is 36.4 Å². The van der Waals surface area contributed by atoms with Crippen molar-refractivity contribution in [1.29, 1.82) is 0 Å². The van der Waals surface area contributed by atoms with Gasteiger partial charge in [0.15, 0.2) is 5.96 Å². The van der Waals surface area contributed by atoms with Gasteiger partial charge in [0.2, 0.25) is 11.8 Å². The second-order valence-electron chi connectivity index (χ2n) is 8.30. The van der Waals surface area contributed by atoms with E-state index in [1.54, 1.807) is 7.05 Å². The third kappa shape index (κ3) is 12.6. The van der Waals surface area contributed by atoms with Gasteiger partial charge < -0.3 is 20.4 Å². The van der Waals surface area contributed by atoms with Crippen LogP contribution >= 0.6 is 24.0 Å². The Morgan fingerprint density at radius 1 is 0.867 bits per heavy atom. The number of aliphatic imine (C=N–C) groups is 1. The van der Waals surface area contributed by atoms with Gasteiger partial charge in [0.1, 0.15) is 0 Å². The van der Waals surface area contributed by atoms with Crippen molar-refractivity contribution in [2.45, 2.75) is 72.1 Å². The number of rotatable bonds is 12. The van der Waals surface area contributed by atoms with E-state index >= 15 is 0 Å². The standard InChI is InChI=1S/C22H43N5O2.HI/c1-5-6-9-12-24-22(23-4)25-13-10-7-8-11-20(28)26-14-16-27(17-15-26)21(29)18-19(2)3;/h19H,5-18H2,1-4H3,(H2,23,24,25);1H. The van der Waals surface area contributed by atoms with Crippen molar-refractivity contribution >= 4 is 41.8 Å². The van der Waals surface area contributed by atoms with Gasteiger partial charge in [-0.15, -0.1) is 24.0 Å². The highest BCUT2D eigenvalue weighted by molar-refractivity contribution is 14.0. The van der Waals surface area contributed by atoms with Crippen molar-refractivity contribution in [3.05, 3.63) is 0 Å². The molecular weight excluding hydrogens is 493 g/mol. The van der Waals surface area contributed by atoms with E-state index in [4.69, 9.17) is 0 Å². The fourth-order valence-corrected chi connectivity index (χ4v) is 3.43. The van der Waals surface area contributed by atoms with Gasteiger partial charge in [-0.1, -0.05) is 40.0 Å². The van der Waals surface area contributed by atoms with Crippen LogP contribution in [0.5, 0.6) is 0 Å². The molecule has 2 N–H and O–H groups in total. The van der Waals surface area contributed by atoms with Gasteiger partial charge in [-0.3, -0.25) is 14.6 Å². The molecule has 0 radical (unpaired) electrons. The lowest BCUT2D eigenvalue weighted by Crippen LogP contribution is -2.50. The van der Waals surface area contributed by atoms with Crippen LogP contribution in [0.15, 0.2) is 4.99 Å². The van der Waals surface area contributed by atoms with E-state index in [-0.39, 0.29) is 35.8 Å². The molecule has 0 spiro atoms. The van der Waals surface area contributed by atoms with E-state index in [0.717, 1.165) is 38.3 Å². The summed E-state index contributed by atoms with van der Waals surface area (Å²) in [5, 5.41) is 6.66. The van der Waals surface area contributed by atoms with Crippen molar-refractivity contribution in [2.75, 3.05) is 46.3 Å². The van der Waals surface area contributed by atoms with Crippen LogP contribution in [-0.4, -0.2) is 73.9 Å². The Morgan fingerprint density at radius 3 is 1.90 bits per heavy atom. The van der Waals surface area contributed by atoms with Crippen LogP contribution in [0.2, 0.25) is 0 Å². The molecule has 0 aromatic heterocycles. The van der Waals surface area contributed by atoms with Gasteiger partial charge in [0.25, 0.3) is 0 Å². The highest BCUT2D eigenvalue weighted by Crippen LogP contribution is 2.10. The summed E-state index contributed by atoms with van der Waals surface area (Å²) in [6, 6.07) is 0. The molecule has 0 aliphatic carbocycles. The second kappa shape index (κ2) is 17.6. The minimum atomic E-state index is 0. The summed E-state index contributed by atoms with van der Waals surface area (Å²) in [5.41, 5.74) is 0. The fourth-order valence-electron chi connectivity index (χ4n) is 3.43. The smallest absolute Gasteiger partial charge is 0.222 e. The van der Waals surface area contributed by atoms with Gasteiger partial charge in [-0.2, -0.15) is 0 Å². The summed E-state index contributed by atoms with van der Waals surface area (Å²) in [4.78, 5) is 32.6. The molecule has 7 nitrogen and oxygen atoms in total. The maximum atomic E-state index is 12.4. The molecule has 176 valence electrons. The molecule has 1 aliphatic rings. The highest BCUT2D eigenvalue weighted by Gasteiger charge is 2.23. The lowest BCUT2D eigenvalue weighted by molar-refractivity contribution is -0.140. The molecule has 1 saturated heterocycles. The van der Waals surface area contributed by atoms with Crippen molar-refractivity contribution in [1.82, 2.24) is 20.4 Å². The van der Waals surface area contributed by atoms with Crippen molar-refractivity contribution < 1.29 is 9.59 Å². The topological polar surface area (TPSA) is 77.0 Å². The van der Waals surface area contributed by atoms with Crippen LogP contribution in [-0.2, 0) is 9.59 Å². The van der Waals surface area contributed by atoms with Crippen LogP contribution in [0.1, 0.15) is 72.1 Å². The van der Waals surface area contributed by atoms with Gasteiger partial charge in [0, 0.05) is 59.2 Å². The SMILES string of the molecule is CCCCCNC(=NC)NCCCCCC(=O)N1CCN(C(=O)CC(C)C)CC1.I. The first-order chi connectivity index (χ1) is 14.0. The Bertz CT molecular complexity index is 506. The number of guanidine groups is 1. The first-order valence-corrected chi connectivity index (χ1v) is 11.5. The minimum Gasteiger partial charge on any atom is -0.356 e. The maximum Gasteiger partial charge on any atom is 0.222 e. The Morgan fingerprint density at radius 2 is 1.40 bits per heavy atom. The van der Waals surface area contributed by atoms with Crippen LogP contribution in [0, 0.1) is 5.92 Å². The quantitative estimate of drug-likeness (QED) is 0.174. The largest absolute Gasteiger partial charge is 0.356 e. The van der Waals surface area contributed by atoms with Crippen molar-refractivity contribution in [3.8, 4) is 0 Å². The van der Waals surface area contributed by atoms with Crippen LogP contribution < -0.4 is 10.6 Å². The molecule has 1 heterocycles. The van der Waals surface area contributed by atoms with Gasteiger partial charge in [0.05, 0.1) is 0 Å². The lowest BCUT2D eigenvalue weighted by atomic mass is 10.1. The first kappa shape index (κ1) is 28.9. The summed E-state index contributed by atoms with van der Waals surface area (Å²) < 4.78 is 0. The lowest BCUT2D eigenvalue weighted by Gasteiger charge is -2.35. The number of piperazine rings is 1. The summed E-state index contributed by atoms with van der Waals surface area (Å²) in [6.45, 7) is 10.8. The van der Waals surface area contributed by atoms with Crippen LogP contribution in [0.3, 0.4) is 0 Å². The zero-order chi connectivity index (χ0) is 21.5. The van der Waals surface area contributed by atoms with E-state index in [1.165, 1.54) is 19.3 Å². The van der Waals surface area contributed by atoms with Crippen LogP contribution in [0.25, 0.3) is 0 Å². The number of nitrogens with zero attached hydrogens (tertiary/aromatic N) is 3. The van der Waals surface area contributed by atoms with E-state index in [1.807, 2.05) is 9.80 Å². The third-order valence-electron chi connectivity index (χ3n) is 5.22. The molecule has 8 heteroatoms. The molecule has 1 rings (SSSR count). The zero-order valence-corrected chi connectivity index (χ0v) is 21.9. The number of hydrogen-bond donors (Lipinski definition) is 2. The third-order valence-corrected chi connectivity index (χ3v) is 5.22. The Labute approximate surface area is 200 Å². The molecule has 0 unspecified atom stereocenters. The summed E-state index contributed by atoms with van der Waals surface area (Å²) >= 11 is 0. The Balaban J connectivity index is 0.00000841. The monoisotopic (exact) mass is 537 g/mol. The average Bonchev–Trinajstić information content (AvgIpc) is 2.71. The zero-order valence-electron chi connectivity index (χ0n) is 19.5. The molecule has 0 aromatic rings. The number of unbranched alkanes of at least 4 members (excludes halogenated alkanes) is 4. The summed E-state index contributed by atoms with van der Waals surface area (Å²) in [7, 11) is 1.80. The minimum absolute atomic E-state index is 0. The summed E-state index contributed by atoms with van der Waals surface area (Å²) in [5.74, 6) is 1.69. The molecule has 1 fully saturated rings. The highest BCUT2D eigenvalue weighted by atomic mass is 127. The second-order valence-corrected chi connectivity index (χ2v) is 8.30. The predicted octanol–water partition coefficient (Wildman–Crippen LogP) is 3.24. The van der Waals surface area contributed by atoms with E-state index < -0.39 is 0 Å². The Hall–Kier alpha value is -1.06.